The molecule has 15 heavy (non-hydrogen) atoms. The molecule has 0 radical (unpaired) electrons. The van der Waals surface area contributed by atoms with Gasteiger partial charge in [0.1, 0.15) is 6.04 Å². The van der Waals surface area contributed by atoms with Crippen LogP contribution in [0.4, 0.5) is 0 Å². The number of rotatable bonds is 2. The van der Waals surface area contributed by atoms with Gasteiger partial charge in [-0.1, -0.05) is 13.8 Å². The van der Waals surface area contributed by atoms with Gasteiger partial charge in [0, 0.05) is 12.8 Å². The largest absolute Gasteiger partial charge is 0.480 e. The van der Waals surface area contributed by atoms with E-state index in [-0.39, 0.29) is 17.7 Å². The zero-order valence-corrected chi connectivity index (χ0v) is 8.82. The molecular formula is C9H16N2O4. The summed E-state index contributed by atoms with van der Waals surface area (Å²) in [5, 5.41) is 10.4. The van der Waals surface area contributed by atoms with E-state index in [1.54, 1.807) is 13.8 Å². The lowest BCUT2D eigenvalue weighted by molar-refractivity contribution is -0.139. The number of amides is 2. The summed E-state index contributed by atoms with van der Waals surface area (Å²) in [4.78, 5) is 30.3. The van der Waals surface area contributed by atoms with Crippen LogP contribution in [-0.4, -0.2) is 28.9 Å². The van der Waals surface area contributed by atoms with E-state index in [0.717, 1.165) is 0 Å². The van der Waals surface area contributed by atoms with Crippen molar-refractivity contribution in [3.8, 4) is 0 Å². The van der Waals surface area contributed by atoms with Crippen molar-refractivity contribution in [3.63, 3.8) is 0 Å². The second-order valence-electron chi connectivity index (χ2n) is 3.58. The maximum atomic E-state index is 10.1. The Hall–Kier alpha value is -1.43. The lowest BCUT2D eigenvalue weighted by Gasteiger charge is -2.07. The van der Waals surface area contributed by atoms with Crippen molar-refractivity contribution in [2.45, 2.75) is 32.7 Å². The second-order valence-corrected chi connectivity index (χ2v) is 3.58. The van der Waals surface area contributed by atoms with E-state index in [4.69, 9.17) is 10.8 Å². The van der Waals surface area contributed by atoms with E-state index in [1.807, 2.05) is 0 Å². The molecule has 1 saturated heterocycles. The molecule has 0 aromatic carbocycles. The summed E-state index contributed by atoms with van der Waals surface area (Å²) >= 11 is 0. The van der Waals surface area contributed by atoms with Gasteiger partial charge in [0.25, 0.3) is 0 Å². The van der Waals surface area contributed by atoms with Gasteiger partial charge in [0.05, 0.1) is 0 Å². The van der Waals surface area contributed by atoms with Gasteiger partial charge in [0.2, 0.25) is 11.8 Å². The number of nitrogens with two attached hydrogens (primary N) is 1. The van der Waals surface area contributed by atoms with E-state index >= 15 is 0 Å². The molecule has 0 unspecified atom stereocenters. The van der Waals surface area contributed by atoms with Crippen LogP contribution in [0.5, 0.6) is 0 Å². The molecule has 0 saturated carbocycles. The van der Waals surface area contributed by atoms with Crippen LogP contribution in [0.2, 0.25) is 0 Å². The molecule has 6 nitrogen and oxygen atoms in total. The fraction of sp³-hybridized carbons (Fsp3) is 0.667. The van der Waals surface area contributed by atoms with Crippen LogP contribution in [0.25, 0.3) is 0 Å². The molecule has 1 atom stereocenters. The highest BCUT2D eigenvalue weighted by Gasteiger charge is 2.15. The first-order chi connectivity index (χ1) is 6.84. The molecule has 1 rings (SSSR count). The third kappa shape index (κ3) is 5.79. The van der Waals surface area contributed by atoms with E-state index in [0.29, 0.717) is 12.8 Å². The Bertz CT molecular complexity index is 249. The molecule has 0 bridgehead atoms. The summed E-state index contributed by atoms with van der Waals surface area (Å²) in [6.07, 6.45) is 0.748. The molecule has 0 aromatic rings. The van der Waals surface area contributed by atoms with E-state index in [2.05, 4.69) is 5.32 Å². The first kappa shape index (κ1) is 13.6. The van der Waals surface area contributed by atoms with Gasteiger partial charge in [-0.15, -0.1) is 0 Å². The summed E-state index contributed by atoms with van der Waals surface area (Å²) in [6.45, 7) is 3.55. The molecule has 0 aromatic heterocycles. The molecule has 1 aliphatic rings. The van der Waals surface area contributed by atoms with Crippen molar-refractivity contribution in [1.29, 1.82) is 0 Å². The summed E-state index contributed by atoms with van der Waals surface area (Å²) in [5.74, 6) is -1.21. The topological polar surface area (TPSA) is 109 Å². The normalized spacial score (nSPS) is 16.8. The molecule has 86 valence electrons. The minimum atomic E-state index is -0.931. The summed E-state index contributed by atoms with van der Waals surface area (Å²) < 4.78 is 0. The van der Waals surface area contributed by atoms with Crippen molar-refractivity contribution in [2.75, 3.05) is 0 Å². The number of aliphatic carboxylic acids is 1. The van der Waals surface area contributed by atoms with E-state index < -0.39 is 12.0 Å². The number of carbonyl (C=O) groups excluding carboxylic acids is 2. The number of carboxylic acid groups (broad SMARTS) is 1. The highest BCUT2D eigenvalue weighted by molar-refractivity contribution is 6.01. The third-order valence-corrected chi connectivity index (χ3v) is 1.86. The van der Waals surface area contributed by atoms with E-state index in [9.17, 15) is 14.4 Å². The maximum absolute atomic E-state index is 10.1. The quantitative estimate of drug-likeness (QED) is 0.538. The highest BCUT2D eigenvalue weighted by Crippen LogP contribution is 1.96. The molecular weight excluding hydrogens is 200 g/mol. The molecule has 6 heteroatoms. The number of carbonyl (C=O) groups is 3. The average molecular weight is 216 g/mol. The SMILES string of the molecule is CC(C)[C@H](N)C(=O)O.O=C1CCC(=O)N1. The average Bonchev–Trinajstić information content (AvgIpc) is 2.49. The van der Waals surface area contributed by atoms with Crippen molar-refractivity contribution in [1.82, 2.24) is 5.32 Å². The van der Waals surface area contributed by atoms with Crippen LogP contribution in [0, 0.1) is 5.92 Å². The van der Waals surface area contributed by atoms with Gasteiger partial charge in [-0.3, -0.25) is 19.7 Å². The molecule has 1 aliphatic heterocycles. The van der Waals surface area contributed by atoms with Crippen LogP contribution in [0.1, 0.15) is 26.7 Å². The number of nitrogens with one attached hydrogen (secondary N) is 1. The van der Waals surface area contributed by atoms with Gasteiger partial charge in [-0.2, -0.15) is 0 Å². The number of hydrogen-bond donors (Lipinski definition) is 3. The first-order valence-electron chi connectivity index (χ1n) is 4.65. The maximum Gasteiger partial charge on any atom is 0.320 e. The van der Waals surface area contributed by atoms with Crippen molar-refractivity contribution in [3.05, 3.63) is 0 Å². The second kappa shape index (κ2) is 6.13. The van der Waals surface area contributed by atoms with Gasteiger partial charge < -0.3 is 10.8 Å². The standard InChI is InChI=1S/C5H11NO2.C4H5NO2/c1-3(2)4(6)5(7)8;6-3-1-2-4(7)5-3/h3-4H,6H2,1-2H3,(H,7,8);1-2H2,(H,5,6,7)/t4-;/m0./s1. The summed E-state index contributed by atoms with van der Waals surface area (Å²) in [7, 11) is 0. The van der Waals surface area contributed by atoms with Crippen LogP contribution >= 0.6 is 0 Å². The van der Waals surface area contributed by atoms with Gasteiger partial charge >= 0.3 is 5.97 Å². The predicted octanol–water partition coefficient (Wildman–Crippen LogP) is -0.523. The zero-order valence-electron chi connectivity index (χ0n) is 8.82. The molecule has 1 fully saturated rings. The fourth-order valence-electron chi connectivity index (χ4n) is 0.793. The molecule has 0 aliphatic carbocycles. The highest BCUT2D eigenvalue weighted by atomic mass is 16.4. The van der Waals surface area contributed by atoms with Gasteiger partial charge in [0.15, 0.2) is 0 Å². The summed E-state index contributed by atoms with van der Waals surface area (Å²) in [6, 6.07) is -0.713. The smallest absolute Gasteiger partial charge is 0.320 e. The van der Waals surface area contributed by atoms with Crippen LogP contribution in [0.3, 0.4) is 0 Å². The monoisotopic (exact) mass is 216 g/mol. The lowest BCUT2D eigenvalue weighted by Crippen LogP contribution is -2.34. The Morgan fingerprint density at radius 2 is 1.73 bits per heavy atom. The number of imide groups is 1. The van der Waals surface area contributed by atoms with Crippen molar-refractivity contribution >= 4 is 17.8 Å². The Morgan fingerprint density at radius 3 is 1.80 bits per heavy atom. The van der Waals surface area contributed by atoms with Crippen LogP contribution < -0.4 is 11.1 Å². The molecule has 4 N–H and O–H groups in total. The van der Waals surface area contributed by atoms with Crippen molar-refractivity contribution in [2.24, 2.45) is 11.7 Å². The van der Waals surface area contributed by atoms with Gasteiger partial charge in [-0.05, 0) is 5.92 Å². The number of carboxylic acids is 1. The fourth-order valence-corrected chi connectivity index (χ4v) is 0.793. The van der Waals surface area contributed by atoms with E-state index in [1.165, 1.54) is 0 Å². The third-order valence-electron chi connectivity index (χ3n) is 1.86. The lowest BCUT2D eigenvalue weighted by atomic mass is 10.1. The minimum Gasteiger partial charge on any atom is -0.480 e. The Morgan fingerprint density at radius 1 is 1.33 bits per heavy atom. The van der Waals surface area contributed by atoms with Crippen LogP contribution in [-0.2, 0) is 14.4 Å². The first-order valence-corrected chi connectivity index (χ1v) is 4.65. The molecule has 2 amide bonds. The van der Waals surface area contributed by atoms with Crippen molar-refractivity contribution < 1.29 is 19.5 Å². The Labute approximate surface area is 87.8 Å². The summed E-state index contributed by atoms with van der Waals surface area (Å²) in [5.41, 5.74) is 5.16. The molecule has 1 heterocycles. The Balaban J connectivity index is 0.000000262. The predicted molar refractivity (Wildman–Crippen MR) is 52.8 cm³/mol. The Kier molecular flexibility index (Phi) is 5.54. The van der Waals surface area contributed by atoms with Crippen LogP contribution in [0.15, 0.2) is 0 Å². The molecule has 0 spiro atoms. The zero-order chi connectivity index (χ0) is 12.0. The van der Waals surface area contributed by atoms with Gasteiger partial charge in [-0.25, -0.2) is 0 Å². The minimum absolute atomic E-state index is 0.0208. The number of hydrogen-bond acceptors (Lipinski definition) is 4.